The van der Waals surface area contributed by atoms with Crippen LogP contribution in [-0.4, -0.2) is 22.9 Å². The minimum Gasteiger partial charge on any atom is -0.347 e. The molecule has 0 aliphatic rings. The van der Waals surface area contributed by atoms with E-state index in [-0.39, 0.29) is 6.54 Å². The molecule has 0 aromatic carbocycles. The summed E-state index contributed by atoms with van der Waals surface area (Å²) in [7, 11) is 1.69. The van der Waals surface area contributed by atoms with Crippen molar-refractivity contribution in [3.63, 3.8) is 0 Å². The van der Waals surface area contributed by atoms with Crippen LogP contribution in [0, 0.1) is 0 Å². The van der Waals surface area contributed by atoms with E-state index in [2.05, 4.69) is 15.3 Å². The fraction of sp³-hybridized carbons (Fsp3) is 0.250. The maximum atomic E-state index is 11.4. The van der Waals surface area contributed by atoms with Gasteiger partial charge >= 0.3 is 0 Å². The van der Waals surface area contributed by atoms with Crippen LogP contribution in [0.5, 0.6) is 0 Å². The van der Waals surface area contributed by atoms with E-state index >= 15 is 0 Å². The van der Waals surface area contributed by atoms with Gasteiger partial charge in [-0.2, -0.15) is 0 Å². The summed E-state index contributed by atoms with van der Waals surface area (Å²) in [5.74, 6) is -1.14. The van der Waals surface area contributed by atoms with E-state index in [1.165, 1.54) is 0 Å². The number of hydrogen-bond acceptors (Lipinski definition) is 3. The third-order valence-corrected chi connectivity index (χ3v) is 1.71. The smallest absolute Gasteiger partial charge is 0.274 e. The molecule has 2 amide bonds. The van der Waals surface area contributed by atoms with Gasteiger partial charge in [0.05, 0.1) is 0 Å². The first kappa shape index (κ1) is 10.8. The highest BCUT2D eigenvalue weighted by Gasteiger charge is 2.11. The standard InChI is InChI=1S/C8H9N5O2/c1-13-4-2-3-6(13)8(15)11-7(14)5-10-12-9/h2-4H,5H2,1H3,(H,11,14,15). The van der Waals surface area contributed by atoms with Gasteiger partial charge in [0.1, 0.15) is 12.2 Å². The molecule has 0 spiro atoms. The SMILES string of the molecule is Cn1cccc1C(=O)NC(=O)CN=[N+]=[N-]. The molecule has 0 aliphatic heterocycles. The van der Waals surface area contributed by atoms with Gasteiger partial charge in [-0.25, -0.2) is 0 Å². The summed E-state index contributed by atoms with van der Waals surface area (Å²) in [6.45, 7) is -0.382. The van der Waals surface area contributed by atoms with Gasteiger partial charge in [0.25, 0.3) is 5.91 Å². The zero-order valence-corrected chi connectivity index (χ0v) is 8.04. The van der Waals surface area contributed by atoms with E-state index in [0.717, 1.165) is 0 Å². The number of azide groups is 1. The lowest BCUT2D eigenvalue weighted by atomic mass is 10.4. The molecular weight excluding hydrogens is 198 g/mol. The van der Waals surface area contributed by atoms with Crippen LogP contribution in [0.4, 0.5) is 0 Å². The van der Waals surface area contributed by atoms with Crippen molar-refractivity contribution in [1.29, 1.82) is 0 Å². The van der Waals surface area contributed by atoms with E-state index in [1.54, 1.807) is 29.9 Å². The molecular formula is C8H9N5O2. The molecule has 78 valence electrons. The first-order chi connectivity index (χ1) is 7.15. The molecule has 7 heteroatoms. The second kappa shape index (κ2) is 4.83. The predicted molar refractivity (Wildman–Crippen MR) is 51.9 cm³/mol. The molecule has 7 nitrogen and oxygen atoms in total. The number of hydrogen-bond donors (Lipinski definition) is 1. The molecule has 0 atom stereocenters. The lowest BCUT2D eigenvalue weighted by Gasteiger charge is -2.02. The molecule has 0 radical (unpaired) electrons. The van der Waals surface area contributed by atoms with Crippen LogP contribution < -0.4 is 5.32 Å². The molecule has 1 N–H and O–H groups in total. The Bertz CT molecular complexity index is 430. The van der Waals surface area contributed by atoms with Gasteiger partial charge in [0, 0.05) is 18.2 Å². The average Bonchev–Trinajstić information content (AvgIpc) is 2.61. The molecule has 0 bridgehead atoms. The Hall–Kier alpha value is -2.27. The molecule has 0 unspecified atom stereocenters. The fourth-order valence-corrected chi connectivity index (χ4v) is 1.02. The number of amides is 2. The number of rotatable bonds is 3. The van der Waals surface area contributed by atoms with Gasteiger partial charge in [0.15, 0.2) is 0 Å². The topological polar surface area (TPSA) is 99.9 Å². The van der Waals surface area contributed by atoms with Crippen LogP contribution in [0.3, 0.4) is 0 Å². The fourth-order valence-electron chi connectivity index (χ4n) is 1.02. The first-order valence-electron chi connectivity index (χ1n) is 4.11. The second-order valence-corrected chi connectivity index (χ2v) is 2.77. The van der Waals surface area contributed by atoms with E-state index in [0.29, 0.717) is 5.69 Å². The van der Waals surface area contributed by atoms with Crippen LogP contribution in [0.15, 0.2) is 23.4 Å². The summed E-state index contributed by atoms with van der Waals surface area (Å²) in [5.41, 5.74) is 8.33. The zero-order chi connectivity index (χ0) is 11.3. The molecule has 1 aromatic rings. The molecule has 1 aromatic heterocycles. The van der Waals surface area contributed by atoms with Crippen molar-refractivity contribution in [3.05, 3.63) is 34.5 Å². The summed E-state index contributed by atoms with van der Waals surface area (Å²) in [6.07, 6.45) is 1.69. The highest BCUT2D eigenvalue weighted by Crippen LogP contribution is 1.98. The highest BCUT2D eigenvalue weighted by molar-refractivity contribution is 6.04. The number of aryl methyl sites for hydroxylation is 1. The van der Waals surface area contributed by atoms with Crippen molar-refractivity contribution in [2.75, 3.05) is 6.54 Å². The predicted octanol–water partition coefficient (Wildman–Crippen LogP) is 0.592. The molecule has 0 fully saturated rings. The van der Waals surface area contributed by atoms with Gasteiger partial charge in [-0.1, -0.05) is 5.11 Å². The first-order valence-corrected chi connectivity index (χ1v) is 4.11. The van der Waals surface area contributed by atoms with Gasteiger partial charge in [-0.05, 0) is 17.7 Å². The van der Waals surface area contributed by atoms with Gasteiger partial charge in [0.2, 0.25) is 5.91 Å². The van der Waals surface area contributed by atoms with Gasteiger partial charge < -0.3 is 4.57 Å². The summed E-state index contributed by atoms with van der Waals surface area (Å²) in [5, 5.41) is 5.13. The quantitative estimate of drug-likeness (QED) is 0.445. The molecule has 1 heterocycles. The van der Waals surface area contributed by atoms with Crippen molar-refractivity contribution < 1.29 is 9.59 Å². The lowest BCUT2D eigenvalue weighted by Crippen LogP contribution is -2.33. The van der Waals surface area contributed by atoms with Crippen molar-refractivity contribution in [2.24, 2.45) is 12.2 Å². The minimum atomic E-state index is -0.626. The molecule has 0 saturated carbocycles. The van der Waals surface area contributed by atoms with Crippen molar-refractivity contribution >= 4 is 11.8 Å². The molecule has 0 aliphatic carbocycles. The van der Waals surface area contributed by atoms with Crippen LogP contribution in [0.2, 0.25) is 0 Å². The Labute approximate surface area is 85.3 Å². The molecule has 1 rings (SSSR count). The van der Waals surface area contributed by atoms with Crippen molar-refractivity contribution in [2.45, 2.75) is 0 Å². The van der Waals surface area contributed by atoms with E-state index in [4.69, 9.17) is 5.53 Å². The average molecular weight is 207 g/mol. The van der Waals surface area contributed by atoms with Crippen LogP contribution >= 0.6 is 0 Å². The van der Waals surface area contributed by atoms with Crippen molar-refractivity contribution in [1.82, 2.24) is 9.88 Å². The van der Waals surface area contributed by atoms with E-state index < -0.39 is 11.8 Å². The molecule has 0 saturated heterocycles. The monoisotopic (exact) mass is 207 g/mol. The van der Waals surface area contributed by atoms with Crippen LogP contribution in [0.25, 0.3) is 10.4 Å². The lowest BCUT2D eigenvalue weighted by molar-refractivity contribution is -0.118. The Morgan fingerprint density at radius 1 is 1.67 bits per heavy atom. The van der Waals surface area contributed by atoms with Gasteiger partial charge in [-0.3, -0.25) is 14.9 Å². The second-order valence-electron chi connectivity index (χ2n) is 2.77. The number of aromatic nitrogens is 1. The number of carbonyl (C=O) groups is 2. The summed E-state index contributed by atoms with van der Waals surface area (Å²) in [6, 6.07) is 3.27. The maximum Gasteiger partial charge on any atom is 0.274 e. The Morgan fingerprint density at radius 3 is 2.93 bits per heavy atom. The molecule has 15 heavy (non-hydrogen) atoms. The minimum absolute atomic E-state index is 0.365. The van der Waals surface area contributed by atoms with Crippen LogP contribution in [0.1, 0.15) is 10.5 Å². The normalized spacial score (nSPS) is 9.13. The maximum absolute atomic E-state index is 11.4. The summed E-state index contributed by atoms with van der Waals surface area (Å²) < 4.78 is 1.58. The Kier molecular flexibility index (Phi) is 3.48. The number of carbonyl (C=O) groups excluding carboxylic acids is 2. The van der Waals surface area contributed by atoms with E-state index in [9.17, 15) is 9.59 Å². The highest BCUT2D eigenvalue weighted by atomic mass is 16.2. The number of nitrogens with zero attached hydrogens (tertiary/aromatic N) is 4. The van der Waals surface area contributed by atoms with Crippen molar-refractivity contribution in [3.8, 4) is 0 Å². The van der Waals surface area contributed by atoms with Gasteiger partial charge in [-0.15, -0.1) is 0 Å². The number of imide groups is 1. The Morgan fingerprint density at radius 2 is 2.40 bits per heavy atom. The Balaban J connectivity index is 2.60. The summed E-state index contributed by atoms with van der Waals surface area (Å²) >= 11 is 0. The van der Waals surface area contributed by atoms with E-state index in [1.807, 2.05) is 0 Å². The largest absolute Gasteiger partial charge is 0.347 e. The zero-order valence-electron chi connectivity index (χ0n) is 8.04. The summed E-state index contributed by atoms with van der Waals surface area (Å²) in [4.78, 5) is 24.8. The third kappa shape index (κ3) is 2.85. The van der Waals surface area contributed by atoms with Crippen LogP contribution in [-0.2, 0) is 11.8 Å². The third-order valence-electron chi connectivity index (χ3n) is 1.71. The number of nitrogens with one attached hydrogen (secondary N) is 1.